The van der Waals surface area contributed by atoms with Crippen LogP contribution in [0.25, 0.3) is 0 Å². The fourth-order valence-electron chi connectivity index (χ4n) is 1.48. The molecule has 1 saturated carbocycles. The monoisotopic (exact) mass is 214 g/mol. The molecule has 2 amide bonds. The van der Waals surface area contributed by atoms with Crippen molar-refractivity contribution >= 4 is 11.8 Å². The minimum atomic E-state index is -0.207. The van der Waals surface area contributed by atoms with Gasteiger partial charge in [-0.25, -0.2) is 0 Å². The molecule has 0 aromatic heterocycles. The third kappa shape index (κ3) is 4.29. The summed E-state index contributed by atoms with van der Waals surface area (Å²) < 4.78 is 0. The van der Waals surface area contributed by atoms with Crippen LogP contribution in [0.4, 0.5) is 0 Å². The van der Waals surface area contributed by atoms with E-state index in [1.54, 1.807) is 0 Å². The van der Waals surface area contributed by atoms with E-state index in [9.17, 15) is 9.59 Å². The van der Waals surface area contributed by atoms with Crippen LogP contribution in [0.2, 0.25) is 0 Å². The lowest BCUT2D eigenvalue weighted by Gasteiger charge is -2.14. The summed E-state index contributed by atoms with van der Waals surface area (Å²) in [5, 5.41) is 14.0. The average molecular weight is 214 g/mol. The van der Waals surface area contributed by atoms with Crippen LogP contribution in [0.5, 0.6) is 0 Å². The third-order valence-corrected chi connectivity index (χ3v) is 2.76. The summed E-state index contributed by atoms with van der Waals surface area (Å²) in [6.45, 7) is 2.18. The zero-order chi connectivity index (χ0) is 11.3. The predicted octanol–water partition coefficient (Wildman–Crippen LogP) is -0.599. The van der Waals surface area contributed by atoms with Gasteiger partial charge in [-0.05, 0) is 24.7 Å². The summed E-state index contributed by atoms with van der Waals surface area (Å²) in [5.41, 5.74) is 0.126. The van der Waals surface area contributed by atoms with Gasteiger partial charge in [0.2, 0.25) is 11.8 Å². The van der Waals surface area contributed by atoms with Crippen molar-refractivity contribution in [2.75, 3.05) is 19.7 Å². The van der Waals surface area contributed by atoms with Gasteiger partial charge in [0, 0.05) is 20.1 Å². The number of nitrogens with one attached hydrogen (secondary N) is 2. The van der Waals surface area contributed by atoms with Crippen LogP contribution in [-0.2, 0) is 9.59 Å². The van der Waals surface area contributed by atoms with E-state index in [-0.39, 0.29) is 30.4 Å². The zero-order valence-electron chi connectivity index (χ0n) is 9.01. The Morgan fingerprint density at radius 1 is 1.33 bits per heavy atom. The number of rotatable bonds is 6. The summed E-state index contributed by atoms with van der Waals surface area (Å²) in [4.78, 5) is 21.8. The number of hydrogen-bond acceptors (Lipinski definition) is 3. The van der Waals surface area contributed by atoms with Crippen molar-refractivity contribution < 1.29 is 14.7 Å². The van der Waals surface area contributed by atoms with Crippen LogP contribution in [0.1, 0.15) is 26.2 Å². The topological polar surface area (TPSA) is 78.4 Å². The molecule has 1 rings (SSSR count). The number of aliphatic hydroxyl groups is 1. The van der Waals surface area contributed by atoms with E-state index in [1.165, 1.54) is 6.92 Å². The molecule has 1 aliphatic rings. The largest absolute Gasteiger partial charge is 0.396 e. The number of aliphatic hydroxyl groups excluding tert-OH is 1. The van der Waals surface area contributed by atoms with E-state index in [1.807, 2.05) is 0 Å². The molecule has 0 aliphatic heterocycles. The molecular formula is C10H18N2O3. The normalized spacial score (nSPS) is 16.9. The van der Waals surface area contributed by atoms with E-state index in [0.717, 1.165) is 19.3 Å². The van der Waals surface area contributed by atoms with Gasteiger partial charge in [0.15, 0.2) is 0 Å². The van der Waals surface area contributed by atoms with Gasteiger partial charge in [-0.2, -0.15) is 0 Å². The first kappa shape index (κ1) is 12.0. The number of carbonyl (C=O) groups excluding carboxylic acids is 2. The number of carbonyl (C=O) groups is 2. The molecule has 3 N–H and O–H groups in total. The second-order valence-corrected chi connectivity index (χ2v) is 4.16. The SMILES string of the molecule is CC(=O)NCC(=O)NCC1(CCO)CC1. The Morgan fingerprint density at radius 3 is 2.47 bits per heavy atom. The average Bonchev–Trinajstić information content (AvgIpc) is 2.93. The molecule has 1 fully saturated rings. The second-order valence-electron chi connectivity index (χ2n) is 4.16. The Kier molecular flexibility index (Phi) is 4.08. The van der Waals surface area contributed by atoms with Crippen molar-refractivity contribution in [2.24, 2.45) is 5.41 Å². The first-order valence-corrected chi connectivity index (χ1v) is 5.20. The highest BCUT2D eigenvalue weighted by atomic mass is 16.3. The minimum Gasteiger partial charge on any atom is -0.396 e. The van der Waals surface area contributed by atoms with Crippen molar-refractivity contribution in [3.05, 3.63) is 0 Å². The van der Waals surface area contributed by atoms with Gasteiger partial charge in [0.05, 0.1) is 6.54 Å². The van der Waals surface area contributed by atoms with Gasteiger partial charge >= 0.3 is 0 Å². The van der Waals surface area contributed by atoms with Gasteiger partial charge in [0.1, 0.15) is 0 Å². The van der Waals surface area contributed by atoms with Crippen LogP contribution in [0.3, 0.4) is 0 Å². The first-order valence-electron chi connectivity index (χ1n) is 5.20. The molecule has 0 heterocycles. The Balaban J connectivity index is 2.14. The summed E-state index contributed by atoms with van der Waals surface area (Å²) in [5.74, 6) is -0.379. The fourth-order valence-corrected chi connectivity index (χ4v) is 1.48. The van der Waals surface area contributed by atoms with Gasteiger partial charge in [-0.1, -0.05) is 0 Å². The minimum absolute atomic E-state index is 0.0323. The highest BCUT2D eigenvalue weighted by molar-refractivity contribution is 5.83. The van der Waals surface area contributed by atoms with E-state index in [4.69, 9.17) is 5.11 Å². The Morgan fingerprint density at radius 2 is 2.00 bits per heavy atom. The van der Waals surface area contributed by atoms with Crippen LogP contribution in [-0.4, -0.2) is 36.6 Å². The van der Waals surface area contributed by atoms with Crippen molar-refractivity contribution in [1.29, 1.82) is 0 Å². The standard InChI is InChI=1S/C10H18N2O3/c1-8(14)11-6-9(15)12-7-10(2-3-10)4-5-13/h13H,2-7H2,1H3,(H,11,14)(H,12,15). The Hall–Kier alpha value is -1.10. The molecule has 5 heteroatoms. The molecule has 0 atom stereocenters. The molecule has 5 nitrogen and oxygen atoms in total. The molecule has 0 spiro atoms. The molecule has 0 radical (unpaired) electrons. The Labute approximate surface area is 89.2 Å². The van der Waals surface area contributed by atoms with Gasteiger partial charge in [0.25, 0.3) is 0 Å². The molecule has 0 bridgehead atoms. The van der Waals surface area contributed by atoms with E-state index >= 15 is 0 Å². The first-order chi connectivity index (χ1) is 7.08. The smallest absolute Gasteiger partial charge is 0.239 e. The Bertz CT molecular complexity index is 249. The molecule has 0 saturated heterocycles. The maximum absolute atomic E-state index is 11.2. The zero-order valence-corrected chi connectivity index (χ0v) is 9.01. The lowest BCUT2D eigenvalue weighted by molar-refractivity contribution is -0.125. The molecule has 0 aromatic carbocycles. The van der Waals surface area contributed by atoms with Crippen LogP contribution >= 0.6 is 0 Å². The van der Waals surface area contributed by atoms with Crippen LogP contribution < -0.4 is 10.6 Å². The highest BCUT2D eigenvalue weighted by Crippen LogP contribution is 2.47. The fraction of sp³-hybridized carbons (Fsp3) is 0.800. The molecule has 15 heavy (non-hydrogen) atoms. The molecule has 0 unspecified atom stereocenters. The lowest BCUT2D eigenvalue weighted by Crippen LogP contribution is -2.38. The predicted molar refractivity (Wildman–Crippen MR) is 55.1 cm³/mol. The maximum Gasteiger partial charge on any atom is 0.239 e. The summed E-state index contributed by atoms with van der Waals surface area (Å²) in [6, 6.07) is 0. The van der Waals surface area contributed by atoms with E-state index in [2.05, 4.69) is 10.6 Å². The molecule has 1 aliphatic carbocycles. The van der Waals surface area contributed by atoms with Gasteiger partial charge < -0.3 is 15.7 Å². The van der Waals surface area contributed by atoms with E-state index < -0.39 is 0 Å². The highest BCUT2D eigenvalue weighted by Gasteiger charge is 2.41. The molecule has 0 aromatic rings. The van der Waals surface area contributed by atoms with Gasteiger partial charge in [-0.3, -0.25) is 9.59 Å². The lowest BCUT2D eigenvalue weighted by atomic mass is 10.0. The number of hydrogen-bond donors (Lipinski definition) is 3. The van der Waals surface area contributed by atoms with E-state index in [0.29, 0.717) is 6.54 Å². The van der Waals surface area contributed by atoms with Crippen LogP contribution in [0.15, 0.2) is 0 Å². The third-order valence-electron chi connectivity index (χ3n) is 2.76. The molecular weight excluding hydrogens is 196 g/mol. The summed E-state index contributed by atoms with van der Waals surface area (Å²) >= 11 is 0. The van der Waals surface area contributed by atoms with Crippen molar-refractivity contribution in [3.63, 3.8) is 0 Å². The van der Waals surface area contributed by atoms with Gasteiger partial charge in [-0.15, -0.1) is 0 Å². The maximum atomic E-state index is 11.2. The second kappa shape index (κ2) is 5.11. The van der Waals surface area contributed by atoms with Crippen molar-refractivity contribution in [1.82, 2.24) is 10.6 Å². The quantitative estimate of drug-likeness (QED) is 0.552. The van der Waals surface area contributed by atoms with Crippen LogP contribution in [0, 0.1) is 5.41 Å². The molecule has 86 valence electrons. The number of amides is 2. The van der Waals surface area contributed by atoms with Crippen molar-refractivity contribution in [3.8, 4) is 0 Å². The summed E-state index contributed by atoms with van der Waals surface area (Å²) in [7, 11) is 0. The van der Waals surface area contributed by atoms with Crippen molar-refractivity contribution in [2.45, 2.75) is 26.2 Å². The summed E-state index contributed by atoms with van der Waals surface area (Å²) in [6.07, 6.45) is 2.87.